The molecule has 0 rings (SSSR count). The largest absolute Gasteiger partial charge is 0.297 e. The smallest absolute Gasteiger partial charge is 0.0410 e. The molecular formula is C11H23N. The number of hydrogen-bond donors (Lipinski definition) is 0. The summed E-state index contributed by atoms with van der Waals surface area (Å²) in [6.07, 6.45) is 5.74. The number of aliphatic imine (C=N–C) groups is 1. The fourth-order valence-corrected chi connectivity index (χ4v) is 0.805. The van der Waals surface area contributed by atoms with E-state index in [1.54, 1.807) is 0 Å². The fourth-order valence-electron chi connectivity index (χ4n) is 0.805. The van der Waals surface area contributed by atoms with Crippen molar-refractivity contribution in [2.75, 3.05) is 6.54 Å². The van der Waals surface area contributed by atoms with Crippen molar-refractivity contribution in [3.8, 4) is 0 Å². The maximum absolute atomic E-state index is 4.41. The summed E-state index contributed by atoms with van der Waals surface area (Å²) in [5, 5.41) is 0. The van der Waals surface area contributed by atoms with E-state index >= 15 is 0 Å². The molecule has 1 heteroatoms. The highest BCUT2D eigenvalue weighted by molar-refractivity contribution is 5.57. The van der Waals surface area contributed by atoms with Crippen LogP contribution in [0.3, 0.4) is 0 Å². The Bertz CT molecular complexity index is 104. The highest BCUT2D eigenvalue weighted by Crippen LogP contribution is 2.04. The third-order valence-electron chi connectivity index (χ3n) is 2.45. The lowest BCUT2D eigenvalue weighted by Crippen LogP contribution is -1.98. The van der Waals surface area contributed by atoms with Gasteiger partial charge in [-0.15, -0.1) is 0 Å². The van der Waals surface area contributed by atoms with Gasteiger partial charge in [-0.3, -0.25) is 4.99 Å². The molecule has 0 amide bonds. The van der Waals surface area contributed by atoms with Gasteiger partial charge >= 0.3 is 0 Å². The van der Waals surface area contributed by atoms with Crippen molar-refractivity contribution >= 4 is 6.21 Å². The first-order valence-electron chi connectivity index (χ1n) is 5.18. The van der Waals surface area contributed by atoms with Crippen LogP contribution >= 0.6 is 0 Å². The minimum atomic E-state index is 0.748. The zero-order valence-corrected chi connectivity index (χ0v) is 9.01. The third kappa shape index (κ3) is 6.38. The first kappa shape index (κ1) is 11.7. The van der Waals surface area contributed by atoms with Crippen LogP contribution in [-0.4, -0.2) is 12.8 Å². The zero-order chi connectivity index (χ0) is 9.40. The minimum absolute atomic E-state index is 0.748. The molecule has 0 aliphatic heterocycles. The van der Waals surface area contributed by atoms with E-state index in [0.717, 1.165) is 24.8 Å². The second-order valence-corrected chi connectivity index (χ2v) is 3.81. The van der Waals surface area contributed by atoms with Gasteiger partial charge in [-0.2, -0.15) is 0 Å². The van der Waals surface area contributed by atoms with Gasteiger partial charge < -0.3 is 0 Å². The van der Waals surface area contributed by atoms with Gasteiger partial charge in [0.15, 0.2) is 0 Å². The molecule has 0 aromatic carbocycles. The predicted molar refractivity (Wildman–Crippen MR) is 56.9 cm³/mol. The van der Waals surface area contributed by atoms with E-state index < -0.39 is 0 Å². The molecule has 0 aromatic heterocycles. The summed E-state index contributed by atoms with van der Waals surface area (Å²) in [5.74, 6) is 1.55. The lowest BCUT2D eigenvalue weighted by Gasteiger charge is -2.04. The number of rotatable bonds is 6. The van der Waals surface area contributed by atoms with Crippen LogP contribution in [0.2, 0.25) is 0 Å². The predicted octanol–water partition coefficient (Wildman–Crippen LogP) is 3.54. The van der Waals surface area contributed by atoms with Gasteiger partial charge in [0, 0.05) is 6.54 Å². The maximum Gasteiger partial charge on any atom is 0.0410 e. The van der Waals surface area contributed by atoms with Crippen LogP contribution in [0.5, 0.6) is 0 Å². The number of hydrogen-bond acceptors (Lipinski definition) is 1. The summed E-state index contributed by atoms with van der Waals surface area (Å²) in [7, 11) is 0. The normalized spacial score (nSPS) is 16.7. The Morgan fingerprint density at radius 3 is 2.17 bits per heavy atom. The molecule has 2 atom stereocenters. The Labute approximate surface area is 77.3 Å². The molecule has 0 saturated carbocycles. The quantitative estimate of drug-likeness (QED) is 0.539. The van der Waals surface area contributed by atoms with Crippen molar-refractivity contribution in [3.05, 3.63) is 0 Å². The minimum Gasteiger partial charge on any atom is -0.297 e. The summed E-state index contributed by atoms with van der Waals surface area (Å²) in [4.78, 5) is 4.41. The van der Waals surface area contributed by atoms with Crippen molar-refractivity contribution in [1.82, 2.24) is 0 Å². The van der Waals surface area contributed by atoms with Crippen LogP contribution in [0.25, 0.3) is 0 Å². The molecule has 0 fully saturated rings. The van der Waals surface area contributed by atoms with Crippen LogP contribution in [0.15, 0.2) is 4.99 Å². The highest BCUT2D eigenvalue weighted by Gasteiger charge is 1.96. The van der Waals surface area contributed by atoms with Crippen molar-refractivity contribution in [3.63, 3.8) is 0 Å². The van der Waals surface area contributed by atoms with Crippen LogP contribution in [0, 0.1) is 11.8 Å². The van der Waals surface area contributed by atoms with Gasteiger partial charge in [-0.1, -0.05) is 40.5 Å². The van der Waals surface area contributed by atoms with Gasteiger partial charge in [0.2, 0.25) is 0 Å². The van der Waals surface area contributed by atoms with Crippen molar-refractivity contribution in [2.45, 2.75) is 47.0 Å². The highest BCUT2D eigenvalue weighted by atomic mass is 14.7. The molecule has 0 saturated heterocycles. The van der Waals surface area contributed by atoms with E-state index in [2.05, 4.69) is 38.9 Å². The Hall–Kier alpha value is -0.330. The molecular weight excluding hydrogens is 146 g/mol. The molecule has 0 bridgehead atoms. The Balaban J connectivity index is 3.36. The second-order valence-electron chi connectivity index (χ2n) is 3.81. The molecule has 0 N–H and O–H groups in total. The van der Waals surface area contributed by atoms with E-state index in [0.29, 0.717) is 0 Å². The first-order valence-corrected chi connectivity index (χ1v) is 5.18. The molecule has 1 nitrogen and oxygen atoms in total. The van der Waals surface area contributed by atoms with Crippen LogP contribution < -0.4 is 0 Å². The Kier molecular flexibility index (Phi) is 7.12. The first-order chi connectivity index (χ1) is 5.70. The maximum atomic E-state index is 4.41. The number of nitrogens with zero attached hydrogens (tertiary/aromatic N) is 1. The van der Waals surface area contributed by atoms with E-state index in [9.17, 15) is 0 Å². The van der Waals surface area contributed by atoms with Crippen molar-refractivity contribution in [1.29, 1.82) is 0 Å². The summed E-state index contributed by atoms with van der Waals surface area (Å²) in [6.45, 7) is 9.98. The van der Waals surface area contributed by atoms with Gasteiger partial charge in [0.05, 0.1) is 0 Å². The van der Waals surface area contributed by atoms with Crippen LogP contribution in [-0.2, 0) is 0 Å². The van der Waals surface area contributed by atoms with Crippen LogP contribution in [0.1, 0.15) is 47.0 Å². The molecule has 12 heavy (non-hydrogen) atoms. The van der Waals surface area contributed by atoms with Crippen molar-refractivity contribution in [2.24, 2.45) is 16.8 Å². The fraction of sp³-hybridized carbons (Fsp3) is 0.909. The molecule has 0 aromatic rings. The van der Waals surface area contributed by atoms with Gasteiger partial charge in [0.1, 0.15) is 0 Å². The van der Waals surface area contributed by atoms with E-state index in [4.69, 9.17) is 0 Å². The average molecular weight is 169 g/mol. The van der Waals surface area contributed by atoms with Gasteiger partial charge in [0.25, 0.3) is 0 Å². The summed E-state index contributed by atoms with van der Waals surface area (Å²) < 4.78 is 0. The Morgan fingerprint density at radius 1 is 1.08 bits per heavy atom. The SMILES string of the molecule is CCC(C)CC=NCC(C)CC. The molecule has 72 valence electrons. The lowest BCUT2D eigenvalue weighted by atomic mass is 10.1. The average Bonchev–Trinajstić information content (AvgIpc) is 2.11. The Morgan fingerprint density at radius 2 is 1.67 bits per heavy atom. The molecule has 0 spiro atoms. The van der Waals surface area contributed by atoms with Crippen LogP contribution in [0.4, 0.5) is 0 Å². The summed E-state index contributed by atoms with van der Waals surface area (Å²) in [5.41, 5.74) is 0. The van der Waals surface area contributed by atoms with Gasteiger partial charge in [-0.05, 0) is 24.5 Å². The lowest BCUT2D eigenvalue weighted by molar-refractivity contribution is 0.569. The molecule has 0 radical (unpaired) electrons. The standard InChI is InChI=1S/C11H23N/c1-5-10(3)7-8-12-9-11(4)6-2/h8,10-11H,5-7,9H2,1-4H3. The monoisotopic (exact) mass is 169 g/mol. The summed E-state index contributed by atoms with van der Waals surface area (Å²) in [6, 6.07) is 0. The molecule has 2 unspecified atom stereocenters. The van der Waals surface area contributed by atoms with E-state index in [1.165, 1.54) is 12.8 Å². The van der Waals surface area contributed by atoms with E-state index in [-0.39, 0.29) is 0 Å². The van der Waals surface area contributed by atoms with Gasteiger partial charge in [-0.25, -0.2) is 0 Å². The third-order valence-corrected chi connectivity index (χ3v) is 2.45. The topological polar surface area (TPSA) is 12.4 Å². The molecule has 0 heterocycles. The molecule has 0 aliphatic rings. The van der Waals surface area contributed by atoms with Crippen molar-refractivity contribution < 1.29 is 0 Å². The summed E-state index contributed by atoms with van der Waals surface area (Å²) >= 11 is 0. The molecule has 0 aliphatic carbocycles. The zero-order valence-electron chi connectivity index (χ0n) is 9.01. The van der Waals surface area contributed by atoms with E-state index in [1.807, 2.05) is 0 Å². The second kappa shape index (κ2) is 7.33.